The van der Waals surface area contributed by atoms with Gasteiger partial charge >= 0.3 is 5.97 Å². The summed E-state index contributed by atoms with van der Waals surface area (Å²) >= 11 is 0. The third-order valence-electron chi connectivity index (χ3n) is 2.38. The summed E-state index contributed by atoms with van der Waals surface area (Å²) in [6.45, 7) is 0. The van der Waals surface area contributed by atoms with Crippen LogP contribution in [0.1, 0.15) is 10.4 Å². The number of carbonyl (C=O) groups is 1. The molecule has 2 aromatic carbocycles. The quantitative estimate of drug-likeness (QED) is 0.897. The number of ether oxygens (including phenoxy) is 2. The molecule has 0 bridgehead atoms. The van der Waals surface area contributed by atoms with Crippen molar-refractivity contribution in [1.29, 1.82) is 0 Å². The van der Waals surface area contributed by atoms with Crippen LogP contribution in [-0.4, -0.2) is 18.2 Å². The summed E-state index contributed by atoms with van der Waals surface area (Å²) in [5.74, 6) is 0.961. The maximum absolute atomic E-state index is 10.7. The van der Waals surface area contributed by atoms with E-state index in [0.717, 1.165) is 0 Å². The average Bonchev–Trinajstić information content (AvgIpc) is 2.39. The van der Waals surface area contributed by atoms with Gasteiger partial charge in [0.1, 0.15) is 17.2 Å². The molecule has 1 N–H and O–H groups in total. The number of aromatic carboxylic acids is 1. The van der Waals surface area contributed by atoms with Crippen molar-refractivity contribution < 1.29 is 19.4 Å². The number of hydrogen-bond donors (Lipinski definition) is 1. The van der Waals surface area contributed by atoms with E-state index in [1.807, 2.05) is 12.1 Å². The van der Waals surface area contributed by atoms with Crippen LogP contribution in [-0.2, 0) is 0 Å². The van der Waals surface area contributed by atoms with Gasteiger partial charge < -0.3 is 14.6 Å². The van der Waals surface area contributed by atoms with E-state index in [-0.39, 0.29) is 5.56 Å². The minimum absolute atomic E-state index is 0.230. The monoisotopic (exact) mass is 244 g/mol. The number of carboxylic acid groups (broad SMARTS) is 1. The SMILES string of the molecule is COc1cccc(Oc2ccc(C(=O)O)cc2)c1. The Morgan fingerprint density at radius 2 is 1.67 bits per heavy atom. The first-order chi connectivity index (χ1) is 8.69. The van der Waals surface area contributed by atoms with Crippen molar-refractivity contribution in [3.63, 3.8) is 0 Å². The third kappa shape index (κ3) is 2.79. The molecule has 0 aliphatic rings. The predicted octanol–water partition coefficient (Wildman–Crippen LogP) is 3.19. The molecule has 0 heterocycles. The Hall–Kier alpha value is -2.49. The van der Waals surface area contributed by atoms with Crippen LogP contribution in [0.5, 0.6) is 17.2 Å². The summed E-state index contributed by atoms with van der Waals surface area (Å²) in [6.07, 6.45) is 0. The molecule has 2 rings (SSSR count). The van der Waals surface area contributed by atoms with E-state index in [9.17, 15) is 4.79 Å². The normalized spacial score (nSPS) is 9.83. The van der Waals surface area contributed by atoms with Gasteiger partial charge in [-0.25, -0.2) is 4.79 Å². The topological polar surface area (TPSA) is 55.8 Å². The summed E-state index contributed by atoms with van der Waals surface area (Å²) < 4.78 is 10.7. The highest BCUT2D eigenvalue weighted by molar-refractivity contribution is 5.87. The molecular formula is C14H12O4. The number of rotatable bonds is 4. The second kappa shape index (κ2) is 5.23. The Bertz CT molecular complexity index is 546. The smallest absolute Gasteiger partial charge is 0.335 e. The van der Waals surface area contributed by atoms with Gasteiger partial charge in [0.05, 0.1) is 12.7 Å². The van der Waals surface area contributed by atoms with E-state index in [0.29, 0.717) is 17.2 Å². The Morgan fingerprint density at radius 3 is 2.28 bits per heavy atom. The lowest BCUT2D eigenvalue weighted by Gasteiger charge is -2.07. The Morgan fingerprint density at radius 1 is 1.00 bits per heavy atom. The Kier molecular flexibility index (Phi) is 3.48. The van der Waals surface area contributed by atoms with Crippen molar-refractivity contribution in [2.24, 2.45) is 0 Å². The summed E-state index contributed by atoms with van der Waals surface area (Å²) in [6, 6.07) is 13.4. The van der Waals surface area contributed by atoms with Gasteiger partial charge in [-0.15, -0.1) is 0 Å². The largest absolute Gasteiger partial charge is 0.497 e. The van der Waals surface area contributed by atoms with Gasteiger partial charge in [-0.05, 0) is 36.4 Å². The Balaban J connectivity index is 2.15. The molecule has 0 fully saturated rings. The second-order valence-electron chi connectivity index (χ2n) is 3.61. The van der Waals surface area contributed by atoms with Gasteiger partial charge in [0.2, 0.25) is 0 Å². The zero-order valence-corrected chi connectivity index (χ0v) is 9.79. The van der Waals surface area contributed by atoms with Gasteiger partial charge in [0.25, 0.3) is 0 Å². The number of benzene rings is 2. The van der Waals surface area contributed by atoms with E-state index in [2.05, 4.69) is 0 Å². The number of methoxy groups -OCH3 is 1. The molecule has 0 saturated heterocycles. The molecule has 0 spiro atoms. The highest BCUT2D eigenvalue weighted by atomic mass is 16.5. The molecule has 0 unspecified atom stereocenters. The number of carboxylic acids is 1. The fourth-order valence-electron chi connectivity index (χ4n) is 1.47. The van der Waals surface area contributed by atoms with Crippen LogP contribution in [0.3, 0.4) is 0 Å². The first-order valence-electron chi connectivity index (χ1n) is 5.34. The zero-order chi connectivity index (χ0) is 13.0. The molecule has 92 valence electrons. The molecule has 0 radical (unpaired) electrons. The summed E-state index contributed by atoms with van der Waals surface area (Å²) in [4.78, 5) is 10.7. The van der Waals surface area contributed by atoms with E-state index < -0.39 is 5.97 Å². The minimum atomic E-state index is -0.956. The molecule has 0 atom stereocenters. The van der Waals surface area contributed by atoms with Crippen molar-refractivity contribution in [3.05, 3.63) is 54.1 Å². The predicted molar refractivity (Wildman–Crippen MR) is 66.5 cm³/mol. The molecule has 0 aromatic heterocycles. The molecule has 4 nitrogen and oxygen atoms in total. The summed E-state index contributed by atoms with van der Waals surface area (Å²) in [5, 5.41) is 8.78. The first kappa shape index (κ1) is 12.0. The second-order valence-corrected chi connectivity index (χ2v) is 3.61. The van der Waals surface area contributed by atoms with Crippen molar-refractivity contribution in [2.45, 2.75) is 0 Å². The molecule has 0 aliphatic carbocycles. The van der Waals surface area contributed by atoms with Crippen LogP contribution in [0.15, 0.2) is 48.5 Å². The van der Waals surface area contributed by atoms with Crippen LogP contribution in [0.2, 0.25) is 0 Å². The average molecular weight is 244 g/mol. The lowest BCUT2D eigenvalue weighted by atomic mass is 10.2. The minimum Gasteiger partial charge on any atom is -0.497 e. The fourth-order valence-corrected chi connectivity index (χ4v) is 1.47. The van der Waals surface area contributed by atoms with Gasteiger partial charge in [-0.2, -0.15) is 0 Å². The summed E-state index contributed by atoms with van der Waals surface area (Å²) in [7, 11) is 1.58. The molecule has 2 aromatic rings. The molecule has 0 aliphatic heterocycles. The maximum Gasteiger partial charge on any atom is 0.335 e. The third-order valence-corrected chi connectivity index (χ3v) is 2.38. The highest BCUT2D eigenvalue weighted by Crippen LogP contribution is 2.25. The van der Waals surface area contributed by atoms with Crippen LogP contribution in [0.25, 0.3) is 0 Å². The fraction of sp³-hybridized carbons (Fsp3) is 0.0714. The van der Waals surface area contributed by atoms with Crippen LogP contribution in [0, 0.1) is 0 Å². The molecule has 0 amide bonds. The zero-order valence-electron chi connectivity index (χ0n) is 9.79. The Labute approximate surface area is 104 Å². The number of hydrogen-bond acceptors (Lipinski definition) is 3. The van der Waals surface area contributed by atoms with Crippen molar-refractivity contribution in [1.82, 2.24) is 0 Å². The van der Waals surface area contributed by atoms with Crippen LogP contribution in [0.4, 0.5) is 0 Å². The lowest BCUT2D eigenvalue weighted by Crippen LogP contribution is -1.95. The van der Waals surface area contributed by atoms with Crippen molar-refractivity contribution in [3.8, 4) is 17.2 Å². The highest BCUT2D eigenvalue weighted by Gasteiger charge is 2.03. The standard InChI is InChI=1S/C14H12O4/c1-17-12-3-2-4-13(9-12)18-11-7-5-10(6-8-11)14(15)16/h2-9H,1H3,(H,15,16). The summed E-state index contributed by atoms with van der Waals surface area (Å²) in [5.41, 5.74) is 0.230. The lowest BCUT2D eigenvalue weighted by molar-refractivity contribution is 0.0697. The van der Waals surface area contributed by atoms with Gasteiger partial charge in [-0.3, -0.25) is 0 Å². The molecular weight excluding hydrogens is 232 g/mol. The maximum atomic E-state index is 10.7. The van der Waals surface area contributed by atoms with Crippen molar-refractivity contribution >= 4 is 5.97 Å². The van der Waals surface area contributed by atoms with Gasteiger partial charge in [-0.1, -0.05) is 6.07 Å². The van der Waals surface area contributed by atoms with Gasteiger partial charge in [0, 0.05) is 6.07 Å². The molecule has 0 saturated carbocycles. The molecule has 18 heavy (non-hydrogen) atoms. The van der Waals surface area contributed by atoms with E-state index in [4.69, 9.17) is 14.6 Å². The van der Waals surface area contributed by atoms with Crippen LogP contribution >= 0.6 is 0 Å². The van der Waals surface area contributed by atoms with E-state index >= 15 is 0 Å². The van der Waals surface area contributed by atoms with Gasteiger partial charge in [0.15, 0.2) is 0 Å². The van der Waals surface area contributed by atoms with E-state index in [1.165, 1.54) is 12.1 Å². The van der Waals surface area contributed by atoms with Crippen LogP contribution < -0.4 is 9.47 Å². The molecule has 4 heteroatoms. The van der Waals surface area contributed by atoms with Crippen molar-refractivity contribution in [2.75, 3.05) is 7.11 Å². The van der Waals surface area contributed by atoms with E-state index in [1.54, 1.807) is 31.4 Å². The first-order valence-corrected chi connectivity index (χ1v) is 5.34.